The molecule has 1 heterocycles. The first-order chi connectivity index (χ1) is 17.1. The van der Waals surface area contributed by atoms with E-state index in [1.54, 1.807) is 24.3 Å². The quantitative estimate of drug-likeness (QED) is 0.124. The van der Waals surface area contributed by atoms with Gasteiger partial charge in [0.1, 0.15) is 0 Å². The van der Waals surface area contributed by atoms with Crippen LogP contribution in [0.15, 0.2) is 102 Å². The minimum absolute atomic E-state index is 0.00776. The normalized spacial score (nSPS) is 11.7. The molecule has 5 rings (SSSR count). The van der Waals surface area contributed by atoms with Gasteiger partial charge in [0.2, 0.25) is 0 Å². The molecule has 0 atom stereocenters. The second-order valence-corrected chi connectivity index (χ2v) is 8.32. The van der Waals surface area contributed by atoms with Crippen molar-refractivity contribution in [2.75, 3.05) is 0 Å². The molecule has 5 heteroatoms. The molecule has 35 heavy (non-hydrogen) atoms. The van der Waals surface area contributed by atoms with Crippen LogP contribution >= 0.6 is 0 Å². The number of fused-ring (bicyclic) bond motifs is 3. The Kier molecular flexibility index (Phi) is 5.98. The Balaban J connectivity index is 1.54. The van der Waals surface area contributed by atoms with Gasteiger partial charge in [-0.25, -0.2) is 4.79 Å². The number of hydrogen-bond donors (Lipinski definition) is 0. The fourth-order valence-corrected chi connectivity index (χ4v) is 4.36. The molecular formula is C30H24N2O3. The second kappa shape index (κ2) is 9.39. The summed E-state index contributed by atoms with van der Waals surface area (Å²) in [5.74, 6) is -0.510. The summed E-state index contributed by atoms with van der Waals surface area (Å²) >= 11 is 0. The molecule has 0 amide bonds. The summed E-state index contributed by atoms with van der Waals surface area (Å²) in [6.45, 7) is 4.71. The van der Waals surface area contributed by atoms with Crippen LogP contribution in [0.4, 0.5) is 0 Å². The van der Waals surface area contributed by atoms with E-state index in [9.17, 15) is 9.59 Å². The lowest BCUT2D eigenvalue weighted by Gasteiger charge is -2.05. The molecule has 5 aromatic rings. The molecule has 1 aromatic heterocycles. The fourth-order valence-electron chi connectivity index (χ4n) is 4.36. The highest BCUT2D eigenvalue weighted by Gasteiger charge is 2.15. The van der Waals surface area contributed by atoms with E-state index in [0.29, 0.717) is 22.4 Å². The number of carbonyl (C=O) groups excluding carboxylic acids is 2. The summed E-state index contributed by atoms with van der Waals surface area (Å²) in [5, 5.41) is 6.10. The SMILES string of the molecule is CCn1c2ccc(C(=O)c3ccccc3)cc2c2cc(C(C)=NOC(=O)c3ccccc3)ccc21. The van der Waals surface area contributed by atoms with E-state index in [1.165, 1.54) is 0 Å². The van der Waals surface area contributed by atoms with Crippen LogP contribution in [0.3, 0.4) is 0 Å². The van der Waals surface area contributed by atoms with E-state index < -0.39 is 5.97 Å². The monoisotopic (exact) mass is 460 g/mol. The summed E-state index contributed by atoms with van der Waals surface area (Å²) in [5.41, 5.74) is 5.32. The lowest BCUT2D eigenvalue weighted by molar-refractivity contribution is 0.0516. The predicted octanol–water partition coefficient (Wildman–Crippen LogP) is 6.63. The van der Waals surface area contributed by atoms with Gasteiger partial charge >= 0.3 is 5.97 Å². The Bertz CT molecular complexity index is 1580. The van der Waals surface area contributed by atoms with Crippen LogP contribution in [0, 0.1) is 0 Å². The number of aryl methyl sites for hydroxylation is 1. The molecule has 0 unspecified atom stereocenters. The summed E-state index contributed by atoms with van der Waals surface area (Å²) in [4.78, 5) is 30.5. The summed E-state index contributed by atoms with van der Waals surface area (Å²) < 4.78 is 2.23. The van der Waals surface area contributed by atoms with Crippen LogP contribution in [0.25, 0.3) is 21.8 Å². The van der Waals surface area contributed by atoms with Gasteiger partial charge in [-0.05, 0) is 61.9 Å². The van der Waals surface area contributed by atoms with Gasteiger partial charge in [-0.2, -0.15) is 0 Å². The molecular weight excluding hydrogens is 436 g/mol. The van der Waals surface area contributed by atoms with E-state index in [-0.39, 0.29) is 5.78 Å². The van der Waals surface area contributed by atoms with Crippen LogP contribution in [0.1, 0.15) is 45.7 Å². The minimum Gasteiger partial charge on any atom is -0.341 e. The van der Waals surface area contributed by atoms with Crippen molar-refractivity contribution in [2.45, 2.75) is 20.4 Å². The minimum atomic E-state index is -0.502. The van der Waals surface area contributed by atoms with Gasteiger partial charge in [-0.3, -0.25) is 4.79 Å². The molecule has 0 aliphatic heterocycles. The zero-order chi connectivity index (χ0) is 24.4. The van der Waals surface area contributed by atoms with Crippen LogP contribution in [-0.2, 0) is 11.4 Å². The summed E-state index contributed by atoms with van der Waals surface area (Å²) in [7, 11) is 0. The predicted molar refractivity (Wildman–Crippen MR) is 139 cm³/mol. The van der Waals surface area contributed by atoms with Gasteiger partial charge < -0.3 is 9.40 Å². The van der Waals surface area contributed by atoms with Crippen molar-refractivity contribution in [1.29, 1.82) is 0 Å². The maximum atomic E-state index is 13.1. The standard InChI is InChI=1S/C30H24N2O3/c1-3-32-27-16-14-23(20(2)31-35-30(34)22-12-8-5-9-13-22)18-25(27)26-19-24(15-17-28(26)32)29(33)21-10-6-4-7-11-21/h4-19H,3H2,1-2H3. The van der Waals surface area contributed by atoms with E-state index in [0.717, 1.165) is 33.9 Å². The third-order valence-electron chi connectivity index (χ3n) is 6.17. The van der Waals surface area contributed by atoms with Crippen LogP contribution in [0.2, 0.25) is 0 Å². The molecule has 0 aliphatic carbocycles. The Morgan fingerprint density at radius 3 is 1.86 bits per heavy atom. The van der Waals surface area contributed by atoms with E-state index in [4.69, 9.17) is 4.84 Å². The average Bonchev–Trinajstić information content (AvgIpc) is 3.24. The van der Waals surface area contributed by atoms with Crippen molar-refractivity contribution in [3.8, 4) is 0 Å². The average molecular weight is 461 g/mol. The van der Waals surface area contributed by atoms with Gasteiger partial charge in [0, 0.05) is 39.5 Å². The molecule has 0 aliphatic rings. The molecule has 0 saturated carbocycles. The number of benzene rings is 4. The Morgan fingerprint density at radius 2 is 1.26 bits per heavy atom. The number of hydrogen-bond acceptors (Lipinski definition) is 4. The number of carbonyl (C=O) groups is 2. The Hall–Kier alpha value is -4.51. The van der Waals surface area contributed by atoms with Crippen molar-refractivity contribution >= 4 is 39.3 Å². The van der Waals surface area contributed by atoms with Crippen molar-refractivity contribution < 1.29 is 14.4 Å². The number of aromatic nitrogens is 1. The largest absolute Gasteiger partial charge is 0.365 e. The zero-order valence-corrected chi connectivity index (χ0v) is 19.6. The van der Waals surface area contributed by atoms with Gasteiger partial charge in [-0.1, -0.05) is 59.8 Å². The van der Waals surface area contributed by atoms with E-state index in [1.807, 2.05) is 79.7 Å². The molecule has 172 valence electrons. The number of rotatable bonds is 6. The highest BCUT2D eigenvalue weighted by Crippen LogP contribution is 2.31. The number of nitrogens with zero attached hydrogens (tertiary/aromatic N) is 2. The maximum absolute atomic E-state index is 13.1. The number of oxime groups is 1. The molecule has 5 nitrogen and oxygen atoms in total. The van der Waals surface area contributed by atoms with Crippen molar-refractivity contribution in [3.63, 3.8) is 0 Å². The molecule has 0 bridgehead atoms. The molecule has 4 aromatic carbocycles. The third-order valence-corrected chi connectivity index (χ3v) is 6.17. The fraction of sp³-hybridized carbons (Fsp3) is 0.100. The van der Waals surface area contributed by atoms with Gasteiger partial charge in [0.15, 0.2) is 5.78 Å². The van der Waals surface area contributed by atoms with Crippen LogP contribution < -0.4 is 0 Å². The van der Waals surface area contributed by atoms with Crippen molar-refractivity contribution in [1.82, 2.24) is 4.57 Å². The lowest BCUT2D eigenvalue weighted by Crippen LogP contribution is -2.03. The van der Waals surface area contributed by atoms with Crippen molar-refractivity contribution in [3.05, 3.63) is 119 Å². The van der Waals surface area contributed by atoms with Gasteiger partial charge in [0.25, 0.3) is 0 Å². The highest BCUT2D eigenvalue weighted by atomic mass is 16.7. The molecule has 0 spiro atoms. The van der Waals surface area contributed by atoms with Crippen molar-refractivity contribution in [2.24, 2.45) is 5.16 Å². The molecule has 0 saturated heterocycles. The second-order valence-electron chi connectivity index (χ2n) is 8.32. The molecule has 0 radical (unpaired) electrons. The van der Waals surface area contributed by atoms with Gasteiger partial charge in [0.05, 0.1) is 11.3 Å². The Morgan fingerprint density at radius 1 is 0.714 bits per heavy atom. The highest BCUT2D eigenvalue weighted by molar-refractivity contribution is 6.16. The van der Waals surface area contributed by atoms with E-state index in [2.05, 4.69) is 16.6 Å². The zero-order valence-electron chi connectivity index (χ0n) is 19.6. The first kappa shape index (κ1) is 22.3. The van der Waals surface area contributed by atoms with E-state index >= 15 is 0 Å². The molecule has 0 N–H and O–H groups in total. The lowest BCUT2D eigenvalue weighted by atomic mass is 10.0. The molecule has 0 fully saturated rings. The van der Waals surface area contributed by atoms with Crippen LogP contribution in [-0.4, -0.2) is 22.0 Å². The third kappa shape index (κ3) is 4.24. The Labute approximate surface area is 203 Å². The number of ketones is 1. The maximum Gasteiger partial charge on any atom is 0.365 e. The smallest absolute Gasteiger partial charge is 0.341 e. The summed E-state index contributed by atoms with van der Waals surface area (Å²) in [6.07, 6.45) is 0. The van der Waals surface area contributed by atoms with Crippen LogP contribution in [0.5, 0.6) is 0 Å². The van der Waals surface area contributed by atoms with Gasteiger partial charge in [-0.15, -0.1) is 0 Å². The first-order valence-electron chi connectivity index (χ1n) is 11.5. The summed E-state index contributed by atoms with van der Waals surface area (Å²) in [6, 6.07) is 30.0. The topological polar surface area (TPSA) is 60.7 Å². The first-order valence-corrected chi connectivity index (χ1v) is 11.5.